The summed E-state index contributed by atoms with van der Waals surface area (Å²) in [5, 5.41) is 8.83. The highest BCUT2D eigenvalue weighted by atomic mass is 19.2. The van der Waals surface area contributed by atoms with Crippen LogP contribution in [0.2, 0.25) is 0 Å². The number of benzene rings is 2. The molecule has 140 valence electrons. The molecule has 2 aromatic rings. The van der Waals surface area contributed by atoms with Crippen molar-refractivity contribution in [1.82, 2.24) is 0 Å². The van der Waals surface area contributed by atoms with Gasteiger partial charge in [0.1, 0.15) is 0 Å². The van der Waals surface area contributed by atoms with E-state index < -0.39 is 40.6 Å². The van der Waals surface area contributed by atoms with Crippen molar-refractivity contribution in [1.29, 1.82) is 0 Å². The monoisotopic (exact) mass is 370 g/mol. The van der Waals surface area contributed by atoms with Crippen molar-refractivity contribution in [3.63, 3.8) is 0 Å². The number of halogens is 4. The molecule has 0 bridgehead atoms. The summed E-state index contributed by atoms with van der Waals surface area (Å²) >= 11 is 0. The van der Waals surface area contributed by atoms with Crippen LogP contribution < -0.4 is 4.74 Å². The van der Waals surface area contributed by atoms with Crippen LogP contribution in [0.25, 0.3) is 0 Å². The van der Waals surface area contributed by atoms with E-state index in [-0.39, 0.29) is 25.0 Å². The summed E-state index contributed by atoms with van der Waals surface area (Å²) in [5.41, 5.74) is -0.0557. The Morgan fingerprint density at radius 1 is 0.962 bits per heavy atom. The molecular weight excluding hydrogens is 352 g/mol. The van der Waals surface area contributed by atoms with Gasteiger partial charge >= 0.3 is 5.97 Å². The molecule has 0 aromatic heterocycles. The lowest BCUT2D eigenvalue weighted by molar-refractivity contribution is 0.0697. The van der Waals surface area contributed by atoms with Gasteiger partial charge in [-0.15, -0.1) is 0 Å². The SMILES string of the molecule is CCCCOc1c(F)c(F)c(CCc2ccc(C(=O)O)cc2)c(F)c1F. The molecule has 1 N–H and O–H groups in total. The van der Waals surface area contributed by atoms with Crippen LogP contribution in [0.3, 0.4) is 0 Å². The third-order valence-electron chi connectivity index (χ3n) is 3.92. The molecule has 0 aliphatic carbocycles. The molecule has 0 atom stereocenters. The maximum atomic E-state index is 14.1. The number of hydrogen-bond donors (Lipinski definition) is 1. The van der Waals surface area contributed by atoms with E-state index in [0.29, 0.717) is 18.4 Å². The average Bonchev–Trinajstić information content (AvgIpc) is 2.63. The molecule has 0 spiro atoms. The largest absolute Gasteiger partial charge is 0.487 e. The van der Waals surface area contributed by atoms with Gasteiger partial charge in [0, 0.05) is 5.56 Å². The first-order valence-corrected chi connectivity index (χ1v) is 8.16. The van der Waals surface area contributed by atoms with E-state index in [1.54, 1.807) is 0 Å². The van der Waals surface area contributed by atoms with Gasteiger partial charge in [-0.05, 0) is 37.0 Å². The van der Waals surface area contributed by atoms with E-state index in [2.05, 4.69) is 0 Å². The van der Waals surface area contributed by atoms with E-state index in [9.17, 15) is 22.4 Å². The fourth-order valence-electron chi connectivity index (χ4n) is 2.41. The molecule has 0 heterocycles. The topological polar surface area (TPSA) is 46.5 Å². The number of unbranched alkanes of at least 4 members (excludes halogenated alkanes) is 1. The van der Waals surface area contributed by atoms with Crippen LogP contribution in [-0.4, -0.2) is 17.7 Å². The minimum atomic E-state index is -1.55. The van der Waals surface area contributed by atoms with Gasteiger partial charge in [-0.3, -0.25) is 0 Å². The lowest BCUT2D eigenvalue weighted by Gasteiger charge is -2.13. The van der Waals surface area contributed by atoms with Gasteiger partial charge in [0.15, 0.2) is 17.4 Å². The van der Waals surface area contributed by atoms with Crippen LogP contribution in [0.5, 0.6) is 5.75 Å². The Labute approximate surface area is 148 Å². The van der Waals surface area contributed by atoms with Crippen molar-refractivity contribution in [2.45, 2.75) is 32.6 Å². The molecule has 2 rings (SSSR count). The van der Waals surface area contributed by atoms with E-state index in [1.165, 1.54) is 24.3 Å². The lowest BCUT2D eigenvalue weighted by atomic mass is 10.0. The lowest BCUT2D eigenvalue weighted by Crippen LogP contribution is -2.10. The minimum absolute atomic E-state index is 0.0432. The second-order valence-corrected chi connectivity index (χ2v) is 5.77. The van der Waals surface area contributed by atoms with Crippen LogP contribution in [0.1, 0.15) is 41.3 Å². The molecule has 0 radical (unpaired) electrons. The first-order valence-electron chi connectivity index (χ1n) is 8.16. The molecule has 0 aliphatic rings. The maximum Gasteiger partial charge on any atom is 0.335 e. The summed E-state index contributed by atoms with van der Waals surface area (Å²) in [6, 6.07) is 5.65. The summed E-state index contributed by atoms with van der Waals surface area (Å²) in [4.78, 5) is 10.8. The zero-order chi connectivity index (χ0) is 19.3. The molecule has 7 heteroatoms. The number of rotatable bonds is 8. The predicted molar refractivity (Wildman–Crippen MR) is 87.5 cm³/mol. The molecule has 0 fully saturated rings. The van der Waals surface area contributed by atoms with Crippen molar-refractivity contribution in [3.8, 4) is 5.75 Å². The van der Waals surface area contributed by atoms with Gasteiger partial charge in [-0.25, -0.2) is 13.6 Å². The average molecular weight is 370 g/mol. The smallest absolute Gasteiger partial charge is 0.335 e. The fraction of sp³-hybridized carbons (Fsp3) is 0.316. The highest BCUT2D eigenvalue weighted by Crippen LogP contribution is 2.31. The summed E-state index contributed by atoms with van der Waals surface area (Å²) < 4.78 is 61.2. The fourth-order valence-corrected chi connectivity index (χ4v) is 2.41. The van der Waals surface area contributed by atoms with Gasteiger partial charge in [0.2, 0.25) is 11.6 Å². The molecule has 0 aliphatic heterocycles. The van der Waals surface area contributed by atoms with Crippen molar-refractivity contribution in [2.24, 2.45) is 0 Å². The molecule has 0 saturated heterocycles. The van der Waals surface area contributed by atoms with Gasteiger partial charge in [0.05, 0.1) is 12.2 Å². The Balaban J connectivity index is 2.20. The normalized spacial score (nSPS) is 10.8. The molecule has 0 amide bonds. The molecule has 0 saturated carbocycles. The Morgan fingerprint density at radius 2 is 1.54 bits per heavy atom. The molecular formula is C19H18F4O3. The summed E-state index contributed by atoms with van der Waals surface area (Å²) in [6.45, 7) is 1.79. The number of aryl methyl sites for hydroxylation is 1. The van der Waals surface area contributed by atoms with E-state index >= 15 is 0 Å². The number of ether oxygens (including phenoxy) is 1. The first-order chi connectivity index (χ1) is 12.4. The van der Waals surface area contributed by atoms with E-state index in [1.807, 2.05) is 6.92 Å². The van der Waals surface area contributed by atoms with Crippen LogP contribution in [0.4, 0.5) is 17.6 Å². The quantitative estimate of drug-likeness (QED) is 0.408. The number of aromatic carboxylic acids is 1. The van der Waals surface area contributed by atoms with Crippen molar-refractivity contribution >= 4 is 5.97 Å². The minimum Gasteiger partial charge on any atom is -0.487 e. The van der Waals surface area contributed by atoms with Crippen molar-refractivity contribution in [3.05, 3.63) is 64.2 Å². The Morgan fingerprint density at radius 3 is 2.04 bits per heavy atom. The van der Waals surface area contributed by atoms with Crippen LogP contribution >= 0.6 is 0 Å². The molecule has 3 nitrogen and oxygen atoms in total. The summed E-state index contributed by atoms with van der Waals surface area (Å²) in [7, 11) is 0. The second kappa shape index (κ2) is 8.69. The molecule has 0 unspecified atom stereocenters. The third-order valence-corrected chi connectivity index (χ3v) is 3.92. The molecule has 2 aromatic carbocycles. The van der Waals surface area contributed by atoms with Gasteiger partial charge in [0.25, 0.3) is 0 Å². The first kappa shape index (κ1) is 19.8. The number of hydrogen-bond acceptors (Lipinski definition) is 2. The molecule has 26 heavy (non-hydrogen) atoms. The zero-order valence-electron chi connectivity index (χ0n) is 14.1. The van der Waals surface area contributed by atoms with Crippen LogP contribution in [0.15, 0.2) is 24.3 Å². The zero-order valence-corrected chi connectivity index (χ0v) is 14.1. The Hall–Kier alpha value is -2.57. The summed E-state index contributed by atoms with van der Waals surface area (Å²) in [6.07, 6.45) is 0.999. The van der Waals surface area contributed by atoms with Crippen LogP contribution in [-0.2, 0) is 12.8 Å². The van der Waals surface area contributed by atoms with Crippen molar-refractivity contribution < 1.29 is 32.2 Å². The van der Waals surface area contributed by atoms with Crippen molar-refractivity contribution in [2.75, 3.05) is 6.61 Å². The maximum absolute atomic E-state index is 14.1. The summed E-state index contributed by atoms with van der Waals surface area (Å²) in [5.74, 6) is -8.18. The van der Waals surface area contributed by atoms with E-state index in [0.717, 1.165) is 0 Å². The standard InChI is InChI=1S/C19H18F4O3/c1-2-3-10-26-18-16(22)14(20)13(15(21)17(18)23)9-6-11-4-7-12(8-5-11)19(24)25/h4-5,7-8H,2-3,6,9-10H2,1H3,(H,24,25). The van der Waals surface area contributed by atoms with Gasteiger partial charge in [-0.2, -0.15) is 8.78 Å². The van der Waals surface area contributed by atoms with Crippen LogP contribution in [0, 0.1) is 23.3 Å². The van der Waals surface area contributed by atoms with E-state index in [4.69, 9.17) is 9.84 Å². The Kier molecular flexibility index (Phi) is 6.60. The Bertz CT molecular complexity index is 759. The number of carbonyl (C=O) groups is 1. The number of carboxylic acid groups (broad SMARTS) is 1. The highest BCUT2D eigenvalue weighted by molar-refractivity contribution is 5.87. The third kappa shape index (κ3) is 4.33. The van der Waals surface area contributed by atoms with Gasteiger partial charge in [-0.1, -0.05) is 25.5 Å². The second-order valence-electron chi connectivity index (χ2n) is 5.77. The predicted octanol–water partition coefficient (Wildman–Crippen LogP) is 4.91. The highest BCUT2D eigenvalue weighted by Gasteiger charge is 2.26. The van der Waals surface area contributed by atoms with Gasteiger partial charge < -0.3 is 9.84 Å². The number of carboxylic acids is 1.